The Morgan fingerprint density at radius 2 is 1.76 bits per heavy atom. The molecule has 0 spiro atoms. The van der Waals surface area contributed by atoms with Crippen molar-refractivity contribution in [1.82, 2.24) is 5.32 Å². The quantitative estimate of drug-likeness (QED) is 0.670. The molecule has 0 aromatic heterocycles. The van der Waals surface area contributed by atoms with Crippen molar-refractivity contribution in [1.29, 1.82) is 0 Å². The number of amides is 1. The Hall–Kier alpha value is -2.69. The first kappa shape index (κ1) is 18.6. The second kappa shape index (κ2) is 10.2. The van der Waals surface area contributed by atoms with E-state index >= 15 is 0 Å². The molecule has 1 amide bonds. The van der Waals surface area contributed by atoms with Crippen LogP contribution in [0, 0.1) is 0 Å². The molecule has 2 aromatic rings. The predicted molar refractivity (Wildman–Crippen MR) is 97.2 cm³/mol. The highest BCUT2D eigenvalue weighted by atomic mass is 16.5. The predicted octanol–water partition coefficient (Wildman–Crippen LogP) is 3.57. The number of methoxy groups -OCH3 is 1. The zero-order valence-corrected chi connectivity index (χ0v) is 14.8. The van der Waals surface area contributed by atoms with Gasteiger partial charge in [-0.15, -0.1) is 0 Å². The average molecular weight is 343 g/mol. The van der Waals surface area contributed by atoms with Crippen molar-refractivity contribution in [2.24, 2.45) is 0 Å². The molecule has 0 saturated carbocycles. The standard InChI is InChI=1S/C20H25NO4/c1-3-24-19-7-4-6-16(14-19)15-21-20(22)8-5-13-25-18-11-9-17(23-2)10-12-18/h4,6-7,9-12,14H,3,5,8,13,15H2,1-2H3,(H,21,22). The monoisotopic (exact) mass is 343 g/mol. The molecule has 1 N–H and O–H groups in total. The van der Waals surface area contributed by atoms with Gasteiger partial charge in [0.2, 0.25) is 5.91 Å². The van der Waals surface area contributed by atoms with Crippen LogP contribution in [-0.4, -0.2) is 26.2 Å². The van der Waals surface area contributed by atoms with Gasteiger partial charge in [-0.05, 0) is 55.3 Å². The SMILES string of the molecule is CCOc1cccc(CNC(=O)CCCOc2ccc(OC)cc2)c1. The van der Waals surface area contributed by atoms with Gasteiger partial charge in [-0.25, -0.2) is 0 Å². The highest BCUT2D eigenvalue weighted by Gasteiger charge is 2.03. The molecule has 0 heterocycles. The van der Waals surface area contributed by atoms with E-state index in [-0.39, 0.29) is 5.91 Å². The first-order valence-corrected chi connectivity index (χ1v) is 8.46. The molecule has 0 atom stereocenters. The molecule has 2 rings (SSSR count). The molecule has 0 radical (unpaired) electrons. The minimum Gasteiger partial charge on any atom is -0.497 e. The van der Waals surface area contributed by atoms with Gasteiger partial charge in [0, 0.05) is 13.0 Å². The molecule has 0 unspecified atom stereocenters. The third kappa shape index (κ3) is 6.75. The van der Waals surface area contributed by atoms with E-state index in [1.807, 2.05) is 55.5 Å². The van der Waals surface area contributed by atoms with Crippen LogP contribution in [0.5, 0.6) is 17.2 Å². The molecule has 5 nitrogen and oxygen atoms in total. The number of ether oxygens (including phenoxy) is 3. The second-order valence-corrected chi connectivity index (χ2v) is 5.48. The molecule has 0 aliphatic carbocycles. The van der Waals surface area contributed by atoms with E-state index < -0.39 is 0 Å². The highest BCUT2D eigenvalue weighted by molar-refractivity contribution is 5.75. The summed E-state index contributed by atoms with van der Waals surface area (Å²) in [6.45, 7) is 3.57. The van der Waals surface area contributed by atoms with Crippen LogP contribution in [0.25, 0.3) is 0 Å². The van der Waals surface area contributed by atoms with Crippen molar-refractivity contribution in [2.75, 3.05) is 20.3 Å². The summed E-state index contributed by atoms with van der Waals surface area (Å²) in [6.07, 6.45) is 1.10. The zero-order chi connectivity index (χ0) is 17.9. The fourth-order valence-electron chi connectivity index (χ4n) is 2.30. The van der Waals surface area contributed by atoms with Crippen LogP contribution < -0.4 is 19.5 Å². The summed E-state index contributed by atoms with van der Waals surface area (Å²) in [5.41, 5.74) is 1.02. The van der Waals surface area contributed by atoms with Gasteiger partial charge in [-0.3, -0.25) is 4.79 Å². The van der Waals surface area contributed by atoms with Gasteiger partial charge in [0.15, 0.2) is 0 Å². The zero-order valence-electron chi connectivity index (χ0n) is 14.8. The molecular weight excluding hydrogens is 318 g/mol. The van der Waals surface area contributed by atoms with Gasteiger partial charge < -0.3 is 19.5 Å². The fourth-order valence-corrected chi connectivity index (χ4v) is 2.30. The maximum absolute atomic E-state index is 11.9. The fraction of sp³-hybridized carbons (Fsp3) is 0.350. The van der Waals surface area contributed by atoms with Crippen LogP contribution in [0.4, 0.5) is 0 Å². The average Bonchev–Trinajstić information content (AvgIpc) is 2.65. The summed E-state index contributed by atoms with van der Waals surface area (Å²) in [5, 5.41) is 2.92. The van der Waals surface area contributed by atoms with Crippen molar-refractivity contribution in [3.8, 4) is 17.2 Å². The lowest BCUT2D eigenvalue weighted by Gasteiger charge is -2.09. The Morgan fingerprint density at radius 1 is 1.00 bits per heavy atom. The Labute approximate surface area is 148 Å². The summed E-state index contributed by atoms with van der Waals surface area (Å²) in [7, 11) is 1.63. The van der Waals surface area contributed by atoms with Crippen LogP contribution >= 0.6 is 0 Å². The molecule has 0 bridgehead atoms. The maximum atomic E-state index is 11.9. The minimum atomic E-state index is 0.0140. The van der Waals surface area contributed by atoms with Crippen molar-refractivity contribution < 1.29 is 19.0 Å². The number of carbonyl (C=O) groups is 1. The van der Waals surface area contributed by atoms with Crippen LogP contribution in [0.3, 0.4) is 0 Å². The second-order valence-electron chi connectivity index (χ2n) is 5.48. The van der Waals surface area contributed by atoms with Gasteiger partial charge in [-0.2, -0.15) is 0 Å². The summed E-state index contributed by atoms with van der Waals surface area (Å²) < 4.78 is 16.2. The Balaban J connectivity index is 1.64. The maximum Gasteiger partial charge on any atom is 0.220 e. The lowest BCUT2D eigenvalue weighted by molar-refractivity contribution is -0.121. The van der Waals surface area contributed by atoms with Crippen LogP contribution in [0.1, 0.15) is 25.3 Å². The Morgan fingerprint density at radius 3 is 2.48 bits per heavy atom. The van der Waals surface area contributed by atoms with Gasteiger partial charge in [-0.1, -0.05) is 12.1 Å². The molecule has 134 valence electrons. The van der Waals surface area contributed by atoms with Gasteiger partial charge in [0.05, 0.1) is 20.3 Å². The molecule has 0 fully saturated rings. The molecule has 2 aromatic carbocycles. The highest BCUT2D eigenvalue weighted by Crippen LogP contribution is 2.17. The number of benzene rings is 2. The van der Waals surface area contributed by atoms with Crippen LogP contribution in [0.2, 0.25) is 0 Å². The molecule has 5 heteroatoms. The van der Waals surface area contributed by atoms with Crippen LogP contribution in [0.15, 0.2) is 48.5 Å². The third-order valence-electron chi connectivity index (χ3n) is 3.58. The van der Waals surface area contributed by atoms with E-state index in [0.29, 0.717) is 32.6 Å². The van der Waals surface area contributed by atoms with E-state index in [0.717, 1.165) is 22.8 Å². The van der Waals surface area contributed by atoms with E-state index in [4.69, 9.17) is 14.2 Å². The summed E-state index contributed by atoms with van der Waals surface area (Å²) in [4.78, 5) is 11.9. The normalized spacial score (nSPS) is 10.2. The third-order valence-corrected chi connectivity index (χ3v) is 3.58. The van der Waals surface area contributed by atoms with E-state index in [1.54, 1.807) is 7.11 Å². The Kier molecular flexibility index (Phi) is 7.63. The minimum absolute atomic E-state index is 0.0140. The topological polar surface area (TPSA) is 56.8 Å². The van der Waals surface area contributed by atoms with Crippen LogP contribution in [-0.2, 0) is 11.3 Å². The lowest BCUT2D eigenvalue weighted by atomic mass is 10.2. The van der Waals surface area contributed by atoms with E-state index in [1.165, 1.54) is 0 Å². The van der Waals surface area contributed by atoms with Gasteiger partial charge in [0.25, 0.3) is 0 Å². The van der Waals surface area contributed by atoms with Crippen molar-refractivity contribution >= 4 is 5.91 Å². The number of carbonyl (C=O) groups excluding carboxylic acids is 1. The van der Waals surface area contributed by atoms with Crippen molar-refractivity contribution in [2.45, 2.75) is 26.3 Å². The molecule has 0 saturated heterocycles. The first-order chi connectivity index (χ1) is 12.2. The van der Waals surface area contributed by atoms with Crippen molar-refractivity contribution in [3.05, 3.63) is 54.1 Å². The summed E-state index contributed by atoms with van der Waals surface area (Å²) in [5.74, 6) is 2.40. The lowest BCUT2D eigenvalue weighted by Crippen LogP contribution is -2.23. The smallest absolute Gasteiger partial charge is 0.220 e. The molecule has 0 aliphatic rings. The Bertz CT molecular complexity index is 655. The molecule has 0 aliphatic heterocycles. The van der Waals surface area contributed by atoms with Gasteiger partial charge in [0.1, 0.15) is 17.2 Å². The van der Waals surface area contributed by atoms with E-state index in [2.05, 4.69) is 5.32 Å². The van der Waals surface area contributed by atoms with Gasteiger partial charge >= 0.3 is 0 Å². The number of hydrogen-bond donors (Lipinski definition) is 1. The first-order valence-electron chi connectivity index (χ1n) is 8.46. The van der Waals surface area contributed by atoms with Crippen molar-refractivity contribution in [3.63, 3.8) is 0 Å². The number of rotatable bonds is 10. The molecular formula is C20H25NO4. The number of nitrogens with one attached hydrogen (secondary N) is 1. The largest absolute Gasteiger partial charge is 0.497 e. The summed E-state index contributed by atoms with van der Waals surface area (Å²) >= 11 is 0. The van der Waals surface area contributed by atoms with E-state index in [9.17, 15) is 4.79 Å². The molecule has 25 heavy (non-hydrogen) atoms. The number of hydrogen-bond acceptors (Lipinski definition) is 4. The summed E-state index contributed by atoms with van der Waals surface area (Å²) in [6, 6.07) is 15.1.